The van der Waals surface area contributed by atoms with Crippen molar-refractivity contribution in [3.8, 4) is 0 Å². The fourth-order valence-electron chi connectivity index (χ4n) is 8.21. The molecule has 0 bridgehead atoms. The van der Waals surface area contributed by atoms with Crippen molar-refractivity contribution in [3.63, 3.8) is 0 Å². The fraction of sp³-hybridized carbons (Fsp3) is 0.545. The van der Waals surface area contributed by atoms with Gasteiger partial charge in [0.05, 0.1) is 0 Å². The first kappa shape index (κ1) is 77.2. The first-order valence-corrected chi connectivity index (χ1v) is 32.9. The van der Waals surface area contributed by atoms with Crippen LogP contribution in [0.15, 0.2) is 194 Å². The Labute approximate surface area is 509 Å². The highest BCUT2D eigenvalue weighted by Gasteiger charge is 2.19. The van der Waals surface area contributed by atoms with Gasteiger partial charge < -0.3 is 14.2 Å². The van der Waals surface area contributed by atoms with Gasteiger partial charge in [0.1, 0.15) is 13.2 Å². The Hall–Kier alpha value is -5.75. The number of carbonyl (C=O) groups excluding carboxylic acids is 3. The smallest absolute Gasteiger partial charge is 0.306 e. The van der Waals surface area contributed by atoms with E-state index in [2.05, 4.69) is 215 Å². The zero-order valence-electron chi connectivity index (χ0n) is 52.9. The molecule has 6 heteroatoms. The first-order valence-electron chi connectivity index (χ1n) is 32.9. The Bertz CT molecular complexity index is 1990. The minimum absolute atomic E-state index is 0.128. The van der Waals surface area contributed by atoms with Crippen LogP contribution in [0.1, 0.15) is 252 Å². The lowest BCUT2D eigenvalue weighted by Gasteiger charge is -2.18. The summed E-state index contributed by atoms with van der Waals surface area (Å²) in [6, 6.07) is 0. The monoisotopic (exact) mass is 1140 g/mol. The fourth-order valence-corrected chi connectivity index (χ4v) is 8.21. The van der Waals surface area contributed by atoms with Crippen molar-refractivity contribution in [2.24, 2.45) is 0 Å². The number of allylic oxidation sites excluding steroid dienone is 32. The van der Waals surface area contributed by atoms with Gasteiger partial charge in [-0.3, -0.25) is 14.4 Å². The standard InChI is InChI=1S/C77H118O6/c1-4-7-10-13-16-19-22-25-28-30-32-34-35-36-37-38-39-40-41-43-44-46-49-52-55-58-61-64-67-70-76(79)82-73-74(72-81-75(78)69-66-63-60-57-54-51-48-27-24-21-18-15-12-9-6-3)83-77(80)71-68-65-62-59-56-53-50-47-45-42-33-31-29-26-23-20-17-14-11-8-5-2/h7-8,10-11,16-17,19-20,25-29,32-34,36-37,39-40,42-44,47-50,52,56,58-59,61,74H,4-6,9,12-15,18,21-24,30-31,35,38,41,45-46,51,53-55,57,60,62-73H2,1-3H3/b10-7-,11-8-,19-16-,20-17-,28-25-,29-26-,34-32-,37-36-,40-39-,42-33-,44-43-,48-27-,50-47-,52-49-,59-56-,61-58-. The van der Waals surface area contributed by atoms with E-state index >= 15 is 0 Å². The minimum atomic E-state index is -0.842. The molecule has 0 radical (unpaired) electrons. The minimum Gasteiger partial charge on any atom is -0.462 e. The summed E-state index contributed by atoms with van der Waals surface area (Å²) in [5.74, 6) is -1.05. The molecule has 1 atom stereocenters. The Morgan fingerprint density at radius 3 is 0.819 bits per heavy atom. The van der Waals surface area contributed by atoms with E-state index in [1.165, 1.54) is 51.4 Å². The Morgan fingerprint density at radius 1 is 0.253 bits per heavy atom. The van der Waals surface area contributed by atoms with Crippen LogP contribution < -0.4 is 0 Å². The normalized spacial score (nSPS) is 13.4. The van der Waals surface area contributed by atoms with Crippen molar-refractivity contribution in [1.29, 1.82) is 0 Å². The lowest BCUT2D eigenvalue weighted by Crippen LogP contribution is -2.30. The summed E-state index contributed by atoms with van der Waals surface area (Å²) in [6.07, 6.45) is 104. The van der Waals surface area contributed by atoms with Crippen LogP contribution in [0.2, 0.25) is 0 Å². The molecule has 0 spiro atoms. The van der Waals surface area contributed by atoms with E-state index in [0.717, 1.165) is 148 Å². The zero-order valence-corrected chi connectivity index (χ0v) is 52.9. The molecule has 0 amide bonds. The summed E-state index contributed by atoms with van der Waals surface area (Å²) in [6.45, 7) is 6.30. The second kappa shape index (κ2) is 68.7. The van der Waals surface area contributed by atoms with E-state index in [-0.39, 0.29) is 44.0 Å². The van der Waals surface area contributed by atoms with Crippen LogP contribution in [-0.2, 0) is 28.6 Å². The molecule has 0 N–H and O–H groups in total. The molecule has 0 aromatic carbocycles. The molecule has 0 aromatic rings. The molecule has 0 aliphatic carbocycles. The van der Waals surface area contributed by atoms with Crippen LogP contribution >= 0.6 is 0 Å². The molecule has 83 heavy (non-hydrogen) atoms. The predicted octanol–water partition coefficient (Wildman–Crippen LogP) is 23.0. The number of rotatable bonds is 57. The summed E-state index contributed by atoms with van der Waals surface area (Å²) in [4.78, 5) is 38.3. The van der Waals surface area contributed by atoms with Gasteiger partial charge in [-0.25, -0.2) is 0 Å². The summed E-state index contributed by atoms with van der Waals surface area (Å²) in [5.41, 5.74) is 0. The van der Waals surface area contributed by atoms with E-state index in [9.17, 15) is 14.4 Å². The molecular weight excluding hydrogens is 1020 g/mol. The van der Waals surface area contributed by atoms with Gasteiger partial charge in [0.2, 0.25) is 0 Å². The third-order valence-electron chi connectivity index (χ3n) is 13.1. The summed E-state index contributed by atoms with van der Waals surface area (Å²) >= 11 is 0. The van der Waals surface area contributed by atoms with Crippen molar-refractivity contribution in [1.82, 2.24) is 0 Å². The number of esters is 3. The number of hydrogen-bond acceptors (Lipinski definition) is 6. The van der Waals surface area contributed by atoms with Gasteiger partial charge in [-0.1, -0.05) is 267 Å². The Morgan fingerprint density at radius 2 is 0.482 bits per heavy atom. The molecule has 0 aromatic heterocycles. The average Bonchev–Trinajstić information content (AvgIpc) is 3.49. The SMILES string of the molecule is CC/C=C\C/C=C\C/C=C\C/C=C\C/C=C\C/C=C\C/C=C\C/C=C\C/C=C\CCCC(=O)OCC(COC(=O)CCCCCCC/C=C\CCCCCCCC)OC(=O)CCCC/C=C\C/C=C\C/C=C\C/C=C\C/C=C\C/C=C\CC. The Balaban J connectivity index is 4.58. The lowest BCUT2D eigenvalue weighted by atomic mass is 10.1. The molecule has 0 aliphatic heterocycles. The van der Waals surface area contributed by atoms with Crippen molar-refractivity contribution >= 4 is 17.9 Å². The molecule has 0 fully saturated rings. The second-order valence-corrected chi connectivity index (χ2v) is 20.9. The third-order valence-corrected chi connectivity index (χ3v) is 13.1. The molecule has 1 unspecified atom stereocenters. The van der Waals surface area contributed by atoms with Gasteiger partial charge in [-0.05, 0) is 161 Å². The molecule has 462 valence electrons. The van der Waals surface area contributed by atoms with Crippen LogP contribution in [0, 0.1) is 0 Å². The van der Waals surface area contributed by atoms with Crippen LogP contribution in [0.5, 0.6) is 0 Å². The molecule has 6 nitrogen and oxygen atoms in total. The average molecular weight is 1140 g/mol. The largest absolute Gasteiger partial charge is 0.462 e. The van der Waals surface area contributed by atoms with Crippen LogP contribution in [0.4, 0.5) is 0 Å². The van der Waals surface area contributed by atoms with Crippen molar-refractivity contribution in [3.05, 3.63) is 194 Å². The molecule has 0 saturated heterocycles. The maximum atomic E-state index is 12.9. The van der Waals surface area contributed by atoms with Gasteiger partial charge >= 0.3 is 17.9 Å². The molecule has 0 aliphatic rings. The quantitative estimate of drug-likeness (QED) is 0.0261. The van der Waals surface area contributed by atoms with Gasteiger partial charge in [0.15, 0.2) is 6.10 Å². The van der Waals surface area contributed by atoms with Gasteiger partial charge in [-0.15, -0.1) is 0 Å². The third kappa shape index (κ3) is 66.9. The molecular formula is C77H118O6. The van der Waals surface area contributed by atoms with Crippen LogP contribution in [0.25, 0.3) is 0 Å². The maximum Gasteiger partial charge on any atom is 0.306 e. The summed E-state index contributed by atoms with van der Waals surface area (Å²) in [5, 5.41) is 0. The summed E-state index contributed by atoms with van der Waals surface area (Å²) in [7, 11) is 0. The lowest BCUT2D eigenvalue weighted by molar-refractivity contribution is -0.167. The van der Waals surface area contributed by atoms with E-state index in [1.807, 2.05) is 0 Å². The van der Waals surface area contributed by atoms with E-state index in [1.54, 1.807) is 0 Å². The topological polar surface area (TPSA) is 78.9 Å². The molecule has 0 saturated carbocycles. The van der Waals surface area contributed by atoms with Crippen molar-refractivity contribution in [2.45, 2.75) is 258 Å². The van der Waals surface area contributed by atoms with Gasteiger partial charge in [-0.2, -0.15) is 0 Å². The Kier molecular flexibility index (Phi) is 64.0. The van der Waals surface area contributed by atoms with E-state index in [0.29, 0.717) is 19.3 Å². The zero-order chi connectivity index (χ0) is 59.9. The first-order chi connectivity index (χ1) is 41.0. The number of carbonyl (C=O) groups is 3. The van der Waals surface area contributed by atoms with Crippen molar-refractivity contribution < 1.29 is 28.6 Å². The number of hydrogen-bond donors (Lipinski definition) is 0. The number of ether oxygens (including phenoxy) is 3. The van der Waals surface area contributed by atoms with Gasteiger partial charge in [0.25, 0.3) is 0 Å². The van der Waals surface area contributed by atoms with Crippen LogP contribution in [0.3, 0.4) is 0 Å². The van der Waals surface area contributed by atoms with E-state index < -0.39 is 6.10 Å². The van der Waals surface area contributed by atoms with Gasteiger partial charge in [0, 0.05) is 19.3 Å². The molecule has 0 heterocycles. The number of unbranched alkanes of at least 4 members (excludes halogenated alkanes) is 14. The second-order valence-electron chi connectivity index (χ2n) is 20.9. The maximum absolute atomic E-state index is 12.9. The van der Waals surface area contributed by atoms with Crippen molar-refractivity contribution in [2.75, 3.05) is 13.2 Å². The molecule has 0 rings (SSSR count). The van der Waals surface area contributed by atoms with Crippen LogP contribution in [-0.4, -0.2) is 37.2 Å². The van der Waals surface area contributed by atoms with E-state index in [4.69, 9.17) is 14.2 Å². The predicted molar refractivity (Wildman–Crippen MR) is 361 cm³/mol. The highest BCUT2D eigenvalue weighted by molar-refractivity contribution is 5.71. The summed E-state index contributed by atoms with van der Waals surface area (Å²) < 4.78 is 16.8. The highest BCUT2D eigenvalue weighted by Crippen LogP contribution is 2.13. The highest BCUT2D eigenvalue weighted by atomic mass is 16.6.